The Balaban J connectivity index is 1.47. The van der Waals surface area contributed by atoms with E-state index in [1.165, 1.54) is 12.8 Å². The van der Waals surface area contributed by atoms with Crippen molar-refractivity contribution >= 4 is 28.2 Å². The molecule has 2 aliphatic rings. The number of ether oxygens (including phenoxy) is 1. The van der Waals surface area contributed by atoms with Gasteiger partial charge >= 0.3 is 0 Å². The molecule has 1 aliphatic carbocycles. The van der Waals surface area contributed by atoms with E-state index in [1.54, 1.807) is 0 Å². The SMILES string of the molecule is Cc1nc(Nc2ccc3c(c2)OCCN3C)cc2c1ncn2CC1CC1. The molecule has 0 amide bonds. The summed E-state index contributed by atoms with van der Waals surface area (Å²) in [6, 6.07) is 8.32. The van der Waals surface area contributed by atoms with Crippen LogP contribution in [0.3, 0.4) is 0 Å². The lowest BCUT2D eigenvalue weighted by atomic mass is 10.2. The van der Waals surface area contributed by atoms with Gasteiger partial charge in [0, 0.05) is 31.4 Å². The highest BCUT2D eigenvalue weighted by molar-refractivity contribution is 5.81. The molecule has 3 aromatic rings. The molecule has 0 spiro atoms. The van der Waals surface area contributed by atoms with Crippen molar-refractivity contribution < 1.29 is 4.74 Å². The Morgan fingerprint density at radius 2 is 2.15 bits per heavy atom. The molecule has 0 atom stereocenters. The topological polar surface area (TPSA) is 55.2 Å². The monoisotopic (exact) mass is 349 g/mol. The zero-order chi connectivity index (χ0) is 17.7. The highest BCUT2D eigenvalue weighted by Crippen LogP contribution is 2.35. The van der Waals surface area contributed by atoms with E-state index in [0.717, 1.165) is 65.3 Å². The van der Waals surface area contributed by atoms with Crippen LogP contribution in [0.1, 0.15) is 18.5 Å². The molecule has 26 heavy (non-hydrogen) atoms. The summed E-state index contributed by atoms with van der Waals surface area (Å²) in [7, 11) is 2.09. The Kier molecular flexibility index (Phi) is 3.51. The second-order valence-electron chi connectivity index (χ2n) is 7.38. The maximum atomic E-state index is 5.81. The number of rotatable bonds is 4. The Labute approximate surface area is 152 Å². The number of pyridine rings is 1. The third-order valence-electron chi connectivity index (χ3n) is 5.26. The summed E-state index contributed by atoms with van der Waals surface area (Å²) in [6.07, 6.45) is 4.61. The average molecular weight is 349 g/mol. The van der Waals surface area contributed by atoms with E-state index in [-0.39, 0.29) is 0 Å². The van der Waals surface area contributed by atoms with Crippen molar-refractivity contribution in [3.8, 4) is 5.75 Å². The first-order valence-corrected chi connectivity index (χ1v) is 9.25. The van der Waals surface area contributed by atoms with Gasteiger partial charge in [-0.1, -0.05) is 0 Å². The smallest absolute Gasteiger partial charge is 0.144 e. The van der Waals surface area contributed by atoms with E-state index in [4.69, 9.17) is 9.72 Å². The van der Waals surface area contributed by atoms with Gasteiger partial charge in [-0.3, -0.25) is 0 Å². The third-order valence-corrected chi connectivity index (χ3v) is 5.26. The minimum Gasteiger partial charge on any atom is -0.489 e. The zero-order valence-corrected chi connectivity index (χ0v) is 15.2. The molecule has 5 rings (SSSR count). The predicted octanol–water partition coefficient (Wildman–Crippen LogP) is 3.72. The number of aryl methyl sites for hydroxylation is 1. The summed E-state index contributed by atoms with van der Waals surface area (Å²) in [5.74, 6) is 2.57. The van der Waals surface area contributed by atoms with Crippen molar-refractivity contribution in [2.75, 3.05) is 30.4 Å². The molecule has 3 heterocycles. The largest absolute Gasteiger partial charge is 0.489 e. The number of hydrogen-bond donors (Lipinski definition) is 1. The van der Waals surface area contributed by atoms with E-state index in [2.05, 4.69) is 45.0 Å². The summed E-state index contributed by atoms with van der Waals surface area (Å²) in [6.45, 7) is 4.71. The fourth-order valence-corrected chi connectivity index (χ4v) is 3.59. The number of anilines is 3. The number of benzene rings is 1. The standard InChI is InChI=1S/C20H23N5O/c1-13-20-17(25(12-21-20)11-14-3-4-14)10-19(22-13)23-15-5-6-16-18(9-15)26-8-7-24(16)2/h5-6,9-10,12,14H,3-4,7-8,11H2,1-2H3,(H,22,23). The van der Waals surface area contributed by atoms with Crippen LogP contribution in [0.25, 0.3) is 11.0 Å². The predicted molar refractivity (Wildman–Crippen MR) is 103 cm³/mol. The number of imidazole rings is 1. The van der Waals surface area contributed by atoms with E-state index >= 15 is 0 Å². The Hall–Kier alpha value is -2.76. The minimum atomic E-state index is 0.719. The van der Waals surface area contributed by atoms with Gasteiger partial charge in [0.25, 0.3) is 0 Å². The molecule has 0 saturated heterocycles. The van der Waals surface area contributed by atoms with Gasteiger partial charge in [-0.05, 0) is 37.8 Å². The van der Waals surface area contributed by atoms with Crippen molar-refractivity contribution in [1.29, 1.82) is 0 Å². The number of nitrogens with zero attached hydrogens (tertiary/aromatic N) is 4. The van der Waals surface area contributed by atoms with Gasteiger partial charge in [-0.2, -0.15) is 0 Å². The molecule has 6 nitrogen and oxygen atoms in total. The molecule has 0 unspecified atom stereocenters. The molecule has 2 aromatic heterocycles. The Morgan fingerprint density at radius 1 is 1.27 bits per heavy atom. The van der Waals surface area contributed by atoms with Crippen molar-refractivity contribution in [1.82, 2.24) is 14.5 Å². The Morgan fingerprint density at radius 3 is 3.00 bits per heavy atom. The molecule has 134 valence electrons. The number of aromatic nitrogens is 3. The molecule has 1 saturated carbocycles. The van der Waals surface area contributed by atoms with Gasteiger partial charge < -0.3 is 19.5 Å². The quantitative estimate of drug-likeness (QED) is 0.778. The minimum absolute atomic E-state index is 0.719. The molecule has 6 heteroatoms. The van der Waals surface area contributed by atoms with Crippen LogP contribution in [-0.2, 0) is 6.54 Å². The van der Waals surface area contributed by atoms with E-state index < -0.39 is 0 Å². The van der Waals surface area contributed by atoms with Gasteiger partial charge in [0.05, 0.1) is 29.8 Å². The van der Waals surface area contributed by atoms with E-state index in [1.807, 2.05) is 19.3 Å². The first-order valence-electron chi connectivity index (χ1n) is 9.25. The third kappa shape index (κ3) is 2.75. The van der Waals surface area contributed by atoms with Crippen LogP contribution in [0.4, 0.5) is 17.2 Å². The van der Waals surface area contributed by atoms with Crippen LogP contribution >= 0.6 is 0 Å². The fourth-order valence-electron chi connectivity index (χ4n) is 3.59. The summed E-state index contributed by atoms with van der Waals surface area (Å²) in [4.78, 5) is 11.5. The molecule has 1 fully saturated rings. The number of likely N-dealkylation sites (N-methyl/N-ethyl adjacent to an activating group) is 1. The van der Waals surface area contributed by atoms with Crippen LogP contribution in [0.15, 0.2) is 30.6 Å². The summed E-state index contributed by atoms with van der Waals surface area (Å²) >= 11 is 0. The fraction of sp³-hybridized carbons (Fsp3) is 0.400. The van der Waals surface area contributed by atoms with Gasteiger partial charge in [0.15, 0.2) is 0 Å². The molecule has 1 N–H and O–H groups in total. The van der Waals surface area contributed by atoms with Crippen molar-refractivity contribution in [3.05, 3.63) is 36.3 Å². The summed E-state index contributed by atoms with van der Waals surface area (Å²) in [5, 5.41) is 3.44. The maximum absolute atomic E-state index is 5.81. The Bertz CT molecular complexity index is 976. The lowest BCUT2D eigenvalue weighted by molar-refractivity contribution is 0.311. The van der Waals surface area contributed by atoms with E-state index in [9.17, 15) is 0 Å². The van der Waals surface area contributed by atoms with Crippen molar-refractivity contribution in [2.24, 2.45) is 5.92 Å². The van der Waals surface area contributed by atoms with Crippen LogP contribution in [0.2, 0.25) is 0 Å². The van der Waals surface area contributed by atoms with Crippen LogP contribution < -0.4 is 15.0 Å². The highest BCUT2D eigenvalue weighted by atomic mass is 16.5. The van der Waals surface area contributed by atoms with Crippen LogP contribution in [0, 0.1) is 12.8 Å². The van der Waals surface area contributed by atoms with Crippen molar-refractivity contribution in [3.63, 3.8) is 0 Å². The molecular weight excluding hydrogens is 326 g/mol. The van der Waals surface area contributed by atoms with Gasteiger partial charge in [0.1, 0.15) is 23.7 Å². The van der Waals surface area contributed by atoms with Gasteiger partial charge in [-0.15, -0.1) is 0 Å². The number of nitrogens with one attached hydrogen (secondary N) is 1. The lowest BCUT2D eigenvalue weighted by Crippen LogP contribution is -2.28. The number of hydrogen-bond acceptors (Lipinski definition) is 5. The normalized spacial score (nSPS) is 16.5. The lowest BCUT2D eigenvalue weighted by Gasteiger charge is -2.28. The first kappa shape index (κ1) is 15.5. The average Bonchev–Trinajstić information content (AvgIpc) is 3.35. The van der Waals surface area contributed by atoms with Crippen LogP contribution in [-0.4, -0.2) is 34.7 Å². The maximum Gasteiger partial charge on any atom is 0.144 e. The highest BCUT2D eigenvalue weighted by Gasteiger charge is 2.23. The molecule has 1 aromatic carbocycles. The molecule has 0 bridgehead atoms. The first-order chi connectivity index (χ1) is 12.7. The van der Waals surface area contributed by atoms with Crippen molar-refractivity contribution in [2.45, 2.75) is 26.3 Å². The second kappa shape index (κ2) is 5.90. The molecule has 0 radical (unpaired) electrons. The van der Waals surface area contributed by atoms with Crippen LogP contribution in [0.5, 0.6) is 5.75 Å². The summed E-state index contributed by atoms with van der Waals surface area (Å²) in [5.41, 5.74) is 5.21. The molecule has 1 aliphatic heterocycles. The summed E-state index contributed by atoms with van der Waals surface area (Å²) < 4.78 is 8.07. The zero-order valence-electron chi connectivity index (χ0n) is 15.2. The van der Waals surface area contributed by atoms with Gasteiger partial charge in [-0.25, -0.2) is 9.97 Å². The second-order valence-corrected chi connectivity index (χ2v) is 7.38. The van der Waals surface area contributed by atoms with Gasteiger partial charge in [0.2, 0.25) is 0 Å². The van der Waals surface area contributed by atoms with E-state index in [0.29, 0.717) is 0 Å². The molecular formula is C20H23N5O. The number of fused-ring (bicyclic) bond motifs is 2.